The lowest BCUT2D eigenvalue weighted by atomic mass is 9.95. The Morgan fingerprint density at radius 1 is 1.29 bits per heavy atom. The molecule has 0 saturated carbocycles. The molecule has 90 valence electrons. The number of pyridine rings is 1. The molecule has 0 spiro atoms. The van der Waals surface area contributed by atoms with Crippen molar-refractivity contribution in [2.24, 2.45) is 5.41 Å². The van der Waals surface area contributed by atoms with Gasteiger partial charge in [-0.1, -0.05) is 19.9 Å². The Hall–Kier alpha value is -1.61. The molecule has 1 aromatic heterocycles. The number of anilines is 1. The molecule has 3 nitrogen and oxygen atoms in total. The number of nitrogens with one attached hydrogen (secondary N) is 1. The predicted octanol–water partition coefficient (Wildman–Crippen LogP) is 2.67. The van der Waals surface area contributed by atoms with E-state index in [9.17, 15) is 5.11 Å². The van der Waals surface area contributed by atoms with Crippen molar-refractivity contribution in [3.8, 4) is 0 Å². The maximum absolute atomic E-state index is 9.19. The van der Waals surface area contributed by atoms with Crippen LogP contribution in [0.4, 0.5) is 5.69 Å². The van der Waals surface area contributed by atoms with E-state index >= 15 is 0 Å². The molecule has 0 aliphatic heterocycles. The Kier molecular flexibility index (Phi) is 3.29. The monoisotopic (exact) mass is 230 g/mol. The number of hydrogen-bond acceptors (Lipinski definition) is 3. The second-order valence-electron chi connectivity index (χ2n) is 5.09. The maximum Gasteiger partial charge on any atom is 0.0703 e. The molecule has 0 aliphatic rings. The van der Waals surface area contributed by atoms with Crippen LogP contribution in [0.5, 0.6) is 0 Å². The van der Waals surface area contributed by atoms with Crippen molar-refractivity contribution in [2.75, 3.05) is 18.5 Å². The third-order valence-electron chi connectivity index (χ3n) is 2.80. The lowest BCUT2D eigenvalue weighted by Crippen LogP contribution is -2.26. The number of benzene rings is 1. The minimum absolute atomic E-state index is 0.107. The van der Waals surface area contributed by atoms with Crippen molar-refractivity contribution in [1.29, 1.82) is 0 Å². The first kappa shape index (κ1) is 11.9. The minimum atomic E-state index is -0.107. The quantitative estimate of drug-likeness (QED) is 0.848. The molecule has 17 heavy (non-hydrogen) atoms. The molecule has 0 saturated heterocycles. The smallest absolute Gasteiger partial charge is 0.0703 e. The van der Waals surface area contributed by atoms with Crippen LogP contribution >= 0.6 is 0 Å². The number of aliphatic hydroxyl groups excluding tert-OH is 1. The van der Waals surface area contributed by atoms with Crippen molar-refractivity contribution in [1.82, 2.24) is 4.98 Å². The second kappa shape index (κ2) is 4.72. The zero-order chi connectivity index (χ0) is 12.3. The molecule has 0 fully saturated rings. The lowest BCUT2D eigenvalue weighted by molar-refractivity contribution is 0.171. The van der Waals surface area contributed by atoms with Gasteiger partial charge in [0.15, 0.2) is 0 Å². The molecule has 0 amide bonds. The Labute approximate surface area is 102 Å². The van der Waals surface area contributed by atoms with Crippen molar-refractivity contribution < 1.29 is 5.11 Å². The minimum Gasteiger partial charge on any atom is -0.396 e. The Morgan fingerprint density at radius 3 is 2.88 bits per heavy atom. The number of fused-ring (bicyclic) bond motifs is 1. The summed E-state index contributed by atoms with van der Waals surface area (Å²) < 4.78 is 0. The highest BCUT2D eigenvalue weighted by molar-refractivity contribution is 5.82. The average molecular weight is 230 g/mol. The van der Waals surface area contributed by atoms with Gasteiger partial charge in [0.1, 0.15) is 0 Å². The summed E-state index contributed by atoms with van der Waals surface area (Å²) in [6.45, 7) is 4.98. The van der Waals surface area contributed by atoms with E-state index < -0.39 is 0 Å². The third-order valence-corrected chi connectivity index (χ3v) is 2.80. The van der Waals surface area contributed by atoms with E-state index in [0.29, 0.717) is 0 Å². The summed E-state index contributed by atoms with van der Waals surface area (Å²) in [7, 11) is 0. The summed E-state index contributed by atoms with van der Waals surface area (Å²) in [5.74, 6) is 0. The molecule has 2 N–H and O–H groups in total. The molecule has 0 aliphatic carbocycles. The van der Waals surface area contributed by atoms with E-state index in [4.69, 9.17) is 0 Å². The number of hydrogen-bond donors (Lipinski definition) is 2. The molecule has 0 atom stereocenters. The molecule has 0 radical (unpaired) electrons. The van der Waals surface area contributed by atoms with Crippen LogP contribution in [0, 0.1) is 5.41 Å². The van der Waals surface area contributed by atoms with E-state index in [1.165, 1.54) is 0 Å². The Bertz CT molecular complexity index is 508. The fourth-order valence-electron chi connectivity index (χ4n) is 1.58. The zero-order valence-corrected chi connectivity index (χ0v) is 10.3. The van der Waals surface area contributed by atoms with Crippen molar-refractivity contribution >= 4 is 16.6 Å². The Morgan fingerprint density at radius 2 is 2.12 bits per heavy atom. The summed E-state index contributed by atoms with van der Waals surface area (Å²) in [5, 5.41) is 13.7. The highest BCUT2D eigenvalue weighted by atomic mass is 16.3. The van der Waals surface area contributed by atoms with Crippen LogP contribution in [0.3, 0.4) is 0 Å². The third kappa shape index (κ3) is 2.94. The van der Waals surface area contributed by atoms with Gasteiger partial charge in [-0.2, -0.15) is 0 Å². The second-order valence-corrected chi connectivity index (χ2v) is 5.09. The predicted molar refractivity (Wildman–Crippen MR) is 71.1 cm³/mol. The topological polar surface area (TPSA) is 45.1 Å². The molecule has 2 rings (SSSR count). The van der Waals surface area contributed by atoms with E-state index in [2.05, 4.69) is 16.4 Å². The van der Waals surface area contributed by atoms with Gasteiger partial charge >= 0.3 is 0 Å². The van der Waals surface area contributed by atoms with Gasteiger partial charge in [0.05, 0.1) is 5.52 Å². The van der Waals surface area contributed by atoms with Gasteiger partial charge in [0.25, 0.3) is 0 Å². The fourth-order valence-corrected chi connectivity index (χ4v) is 1.58. The molecule has 1 heterocycles. The first-order valence-electron chi connectivity index (χ1n) is 5.80. The van der Waals surface area contributed by atoms with E-state index in [1.807, 2.05) is 38.1 Å². The van der Waals surface area contributed by atoms with Gasteiger partial charge in [-0.05, 0) is 24.3 Å². The lowest BCUT2D eigenvalue weighted by Gasteiger charge is -2.22. The summed E-state index contributed by atoms with van der Waals surface area (Å²) in [4.78, 5) is 4.28. The average Bonchev–Trinajstić information content (AvgIpc) is 2.36. The van der Waals surface area contributed by atoms with E-state index in [-0.39, 0.29) is 12.0 Å². The van der Waals surface area contributed by atoms with Gasteiger partial charge in [0, 0.05) is 35.8 Å². The molecular weight excluding hydrogens is 212 g/mol. The molecule has 0 bridgehead atoms. The number of nitrogens with zero attached hydrogens (tertiary/aromatic N) is 1. The SMILES string of the molecule is CC(C)(CO)CNc1ccc2ncccc2c1. The van der Waals surface area contributed by atoms with Crippen LogP contribution in [0.15, 0.2) is 36.5 Å². The highest BCUT2D eigenvalue weighted by Gasteiger charge is 2.15. The first-order chi connectivity index (χ1) is 8.11. The highest BCUT2D eigenvalue weighted by Crippen LogP contribution is 2.19. The normalized spacial score (nSPS) is 11.7. The van der Waals surface area contributed by atoms with E-state index in [1.54, 1.807) is 6.20 Å². The van der Waals surface area contributed by atoms with Gasteiger partial charge in [-0.25, -0.2) is 0 Å². The van der Waals surface area contributed by atoms with Crippen molar-refractivity contribution in [3.63, 3.8) is 0 Å². The van der Waals surface area contributed by atoms with Crippen LogP contribution in [-0.4, -0.2) is 23.2 Å². The summed E-state index contributed by atoms with van der Waals surface area (Å²) in [6.07, 6.45) is 1.80. The molecule has 2 aromatic rings. The number of rotatable bonds is 4. The van der Waals surface area contributed by atoms with Crippen LogP contribution in [0.2, 0.25) is 0 Å². The molecular formula is C14H18N2O. The van der Waals surface area contributed by atoms with Crippen molar-refractivity contribution in [3.05, 3.63) is 36.5 Å². The maximum atomic E-state index is 9.19. The standard InChI is InChI=1S/C14H18N2O/c1-14(2,10-17)9-16-12-5-6-13-11(8-12)4-3-7-15-13/h3-8,16-17H,9-10H2,1-2H3. The van der Waals surface area contributed by atoms with Crippen LogP contribution in [-0.2, 0) is 0 Å². The number of aliphatic hydroxyl groups is 1. The summed E-state index contributed by atoms with van der Waals surface area (Å²) in [6, 6.07) is 10.1. The van der Waals surface area contributed by atoms with Crippen LogP contribution < -0.4 is 5.32 Å². The molecule has 0 unspecified atom stereocenters. The molecule has 3 heteroatoms. The summed E-state index contributed by atoms with van der Waals surface area (Å²) in [5.41, 5.74) is 1.95. The van der Waals surface area contributed by atoms with Crippen molar-refractivity contribution in [2.45, 2.75) is 13.8 Å². The van der Waals surface area contributed by atoms with Crippen LogP contribution in [0.25, 0.3) is 10.9 Å². The Balaban J connectivity index is 2.14. The van der Waals surface area contributed by atoms with Gasteiger partial charge < -0.3 is 10.4 Å². The molecule has 1 aromatic carbocycles. The zero-order valence-electron chi connectivity index (χ0n) is 10.3. The van der Waals surface area contributed by atoms with Gasteiger partial charge in [-0.15, -0.1) is 0 Å². The number of aromatic nitrogens is 1. The van der Waals surface area contributed by atoms with Gasteiger partial charge in [0.2, 0.25) is 0 Å². The summed E-state index contributed by atoms with van der Waals surface area (Å²) >= 11 is 0. The largest absolute Gasteiger partial charge is 0.396 e. The first-order valence-corrected chi connectivity index (χ1v) is 5.80. The van der Waals surface area contributed by atoms with Gasteiger partial charge in [-0.3, -0.25) is 4.98 Å². The fraction of sp³-hybridized carbons (Fsp3) is 0.357. The van der Waals surface area contributed by atoms with Crippen LogP contribution in [0.1, 0.15) is 13.8 Å². The van der Waals surface area contributed by atoms with E-state index in [0.717, 1.165) is 23.1 Å².